The van der Waals surface area contributed by atoms with Crippen molar-refractivity contribution in [1.82, 2.24) is 9.13 Å². The molecule has 0 aliphatic heterocycles. The number of rotatable bonds is 2. The van der Waals surface area contributed by atoms with Gasteiger partial charge < -0.3 is 15.6 Å². The van der Waals surface area contributed by atoms with Gasteiger partial charge in [0.05, 0.1) is 14.2 Å². The summed E-state index contributed by atoms with van der Waals surface area (Å²) in [6, 6.07) is 6.46. The van der Waals surface area contributed by atoms with Crippen molar-refractivity contribution in [2.75, 3.05) is 12.8 Å². The Labute approximate surface area is 147 Å². The summed E-state index contributed by atoms with van der Waals surface area (Å²) in [6.45, 7) is 0. The second-order valence-corrected chi connectivity index (χ2v) is 5.72. The van der Waals surface area contributed by atoms with E-state index in [9.17, 15) is 20.0 Å². The van der Waals surface area contributed by atoms with Crippen molar-refractivity contribution in [3.63, 3.8) is 0 Å². The van der Waals surface area contributed by atoms with Crippen LogP contribution in [0.2, 0.25) is 0 Å². The summed E-state index contributed by atoms with van der Waals surface area (Å²) in [5, 5.41) is 19.8. The summed E-state index contributed by atoms with van der Waals surface area (Å²) in [6.07, 6.45) is 0. The van der Waals surface area contributed by atoms with Crippen LogP contribution in [0.4, 0.5) is 5.82 Å². The number of methoxy groups -OCH3 is 1. The van der Waals surface area contributed by atoms with Crippen molar-refractivity contribution < 1.29 is 14.8 Å². The van der Waals surface area contributed by atoms with E-state index in [1.54, 1.807) is 6.07 Å². The Hall–Kier alpha value is -3.80. The molecule has 9 nitrogen and oxygen atoms in total. The summed E-state index contributed by atoms with van der Waals surface area (Å²) in [4.78, 5) is 27.7. The second kappa shape index (κ2) is 5.93. The lowest BCUT2D eigenvalue weighted by Gasteiger charge is -2.12. The van der Waals surface area contributed by atoms with Gasteiger partial charge in [0.25, 0.3) is 5.56 Å². The monoisotopic (exact) mass is 354 g/mol. The van der Waals surface area contributed by atoms with Gasteiger partial charge in [-0.3, -0.25) is 4.79 Å². The molecule has 132 valence electrons. The Bertz CT molecular complexity index is 1220. The first-order chi connectivity index (χ1) is 12.3. The third kappa shape index (κ3) is 2.28. The standard InChI is InChI=1S/C17H15N5O4/c1-21-15-13(16(24)22(2)17(21)25)12(9(7-18)14(19)20-15)8-4-5-11(26-3)10(23)6-8/h4-6,23H,1-3H3,(H2,19,20)/p+1. The molecule has 3 rings (SSSR count). The molecule has 0 saturated heterocycles. The van der Waals surface area contributed by atoms with Gasteiger partial charge in [0.2, 0.25) is 11.5 Å². The molecule has 0 radical (unpaired) electrons. The molecule has 2 aromatic heterocycles. The van der Waals surface area contributed by atoms with E-state index in [0.29, 0.717) is 5.56 Å². The fraction of sp³-hybridized carbons (Fsp3) is 0.176. The molecule has 0 spiro atoms. The molecule has 0 fully saturated rings. The molecule has 0 saturated carbocycles. The van der Waals surface area contributed by atoms with E-state index >= 15 is 0 Å². The number of nitrogen functional groups attached to an aromatic ring is 1. The molecule has 26 heavy (non-hydrogen) atoms. The lowest BCUT2D eigenvalue weighted by Crippen LogP contribution is -2.40. The van der Waals surface area contributed by atoms with Gasteiger partial charge >= 0.3 is 5.69 Å². The first-order valence-electron chi connectivity index (χ1n) is 7.53. The minimum absolute atomic E-state index is 0.00793. The number of H-pyrrole nitrogens is 1. The topological polar surface area (TPSA) is 137 Å². The minimum Gasteiger partial charge on any atom is -0.504 e. The van der Waals surface area contributed by atoms with Gasteiger partial charge in [-0.25, -0.2) is 18.9 Å². The van der Waals surface area contributed by atoms with Gasteiger partial charge in [0, 0.05) is 12.6 Å². The van der Waals surface area contributed by atoms with E-state index in [4.69, 9.17) is 10.5 Å². The summed E-state index contributed by atoms with van der Waals surface area (Å²) in [5.74, 6) is 0.0935. The summed E-state index contributed by atoms with van der Waals surface area (Å²) in [5.41, 5.74) is 5.67. The molecule has 9 heteroatoms. The lowest BCUT2D eigenvalue weighted by molar-refractivity contribution is -0.331. The van der Waals surface area contributed by atoms with E-state index in [1.807, 2.05) is 6.07 Å². The van der Waals surface area contributed by atoms with Gasteiger partial charge in [-0.15, -0.1) is 0 Å². The van der Waals surface area contributed by atoms with Crippen LogP contribution in [0, 0.1) is 11.3 Å². The van der Waals surface area contributed by atoms with E-state index in [0.717, 1.165) is 4.57 Å². The highest BCUT2D eigenvalue weighted by atomic mass is 16.5. The summed E-state index contributed by atoms with van der Waals surface area (Å²) < 4.78 is 7.21. The zero-order valence-electron chi connectivity index (χ0n) is 14.3. The number of nitriles is 1. The smallest absolute Gasteiger partial charge is 0.388 e. The van der Waals surface area contributed by atoms with E-state index in [2.05, 4.69) is 4.98 Å². The summed E-state index contributed by atoms with van der Waals surface area (Å²) in [7, 11) is 4.25. The maximum atomic E-state index is 12.8. The number of hydrogen-bond donors (Lipinski definition) is 2. The highest BCUT2D eigenvalue weighted by Gasteiger charge is 2.24. The SMILES string of the molecule is COc1ccc(-c2c(C#N)c(N)[nH+]c3c2c(=O)n(C)c(=O)n3C)cc1O. The number of benzene rings is 1. The number of phenols is 1. The average molecular weight is 354 g/mol. The number of anilines is 1. The Morgan fingerprint density at radius 2 is 1.96 bits per heavy atom. The quantitative estimate of drug-likeness (QED) is 0.658. The number of nitrogens with zero attached hydrogens (tertiary/aromatic N) is 3. The van der Waals surface area contributed by atoms with Crippen molar-refractivity contribution in [1.29, 1.82) is 5.26 Å². The number of fused-ring (bicyclic) bond motifs is 1. The van der Waals surface area contributed by atoms with Crippen LogP contribution in [-0.2, 0) is 14.1 Å². The van der Waals surface area contributed by atoms with Crippen molar-refractivity contribution in [3.8, 4) is 28.7 Å². The number of nitrogens with two attached hydrogens (primary N) is 1. The first kappa shape index (κ1) is 17.0. The number of phenolic OH excluding ortho intramolecular Hbond substituents is 1. The van der Waals surface area contributed by atoms with Gasteiger partial charge in [-0.2, -0.15) is 5.26 Å². The fourth-order valence-corrected chi connectivity index (χ4v) is 2.92. The molecule has 0 aliphatic carbocycles. The van der Waals surface area contributed by atoms with Crippen LogP contribution in [0.3, 0.4) is 0 Å². The molecule has 4 N–H and O–H groups in total. The Morgan fingerprint density at radius 3 is 2.54 bits per heavy atom. The number of aromatic hydroxyl groups is 1. The number of nitrogens with one attached hydrogen (secondary N) is 1. The fourth-order valence-electron chi connectivity index (χ4n) is 2.92. The summed E-state index contributed by atoms with van der Waals surface area (Å²) >= 11 is 0. The van der Waals surface area contributed by atoms with Crippen LogP contribution in [0.5, 0.6) is 11.5 Å². The highest BCUT2D eigenvalue weighted by molar-refractivity contribution is 5.96. The third-order valence-electron chi connectivity index (χ3n) is 4.27. The molecule has 0 aliphatic rings. The predicted octanol–water partition coefficient (Wildman–Crippen LogP) is -0.114. The van der Waals surface area contributed by atoms with Crippen LogP contribution < -0.4 is 26.7 Å². The Morgan fingerprint density at radius 1 is 1.27 bits per heavy atom. The molecule has 1 aromatic carbocycles. The zero-order valence-corrected chi connectivity index (χ0v) is 14.3. The predicted molar refractivity (Wildman–Crippen MR) is 93.8 cm³/mol. The van der Waals surface area contributed by atoms with Crippen LogP contribution in [-0.4, -0.2) is 21.4 Å². The van der Waals surface area contributed by atoms with Crippen molar-refractivity contribution in [2.24, 2.45) is 14.1 Å². The second-order valence-electron chi connectivity index (χ2n) is 5.72. The van der Waals surface area contributed by atoms with Crippen molar-refractivity contribution in [3.05, 3.63) is 44.6 Å². The van der Waals surface area contributed by atoms with E-state index < -0.39 is 11.2 Å². The Balaban J connectivity index is 2.60. The highest BCUT2D eigenvalue weighted by Crippen LogP contribution is 2.35. The van der Waals surface area contributed by atoms with Crippen LogP contribution >= 0.6 is 0 Å². The number of aromatic amines is 1. The number of aromatic nitrogens is 3. The van der Waals surface area contributed by atoms with Crippen LogP contribution in [0.15, 0.2) is 27.8 Å². The first-order valence-corrected chi connectivity index (χ1v) is 7.53. The van der Waals surface area contributed by atoms with E-state index in [1.165, 1.54) is 37.9 Å². The normalized spacial score (nSPS) is 10.7. The number of hydrogen-bond acceptors (Lipinski definition) is 6. The molecule has 3 aromatic rings. The molecule has 0 amide bonds. The molecule has 0 unspecified atom stereocenters. The van der Waals surface area contributed by atoms with Crippen molar-refractivity contribution >= 4 is 16.9 Å². The van der Waals surface area contributed by atoms with Crippen LogP contribution in [0.1, 0.15) is 5.56 Å². The largest absolute Gasteiger partial charge is 0.504 e. The lowest BCUT2D eigenvalue weighted by atomic mass is 9.97. The van der Waals surface area contributed by atoms with Crippen molar-refractivity contribution in [2.45, 2.75) is 0 Å². The maximum Gasteiger partial charge on any atom is 0.388 e. The maximum absolute atomic E-state index is 12.8. The van der Waals surface area contributed by atoms with E-state index in [-0.39, 0.29) is 39.5 Å². The number of pyridine rings is 1. The van der Waals surface area contributed by atoms with Gasteiger partial charge in [-0.05, 0) is 17.7 Å². The molecular formula is C17H16N5O4+. The molecule has 2 heterocycles. The minimum atomic E-state index is -0.582. The van der Waals surface area contributed by atoms with Gasteiger partial charge in [-0.1, -0.05) is 6.07 Å². The van der Waals surface area contributed by atoms with Gasteiger partial charge in [0.1, 0.15) is 17.0 Å². The zero-order chi connectivity index (χ0) is 19.2. The van der Waals surface area contributed by atoms with Crippen LogP contribution in [0.25, 0.3) is 22.2 Å². The third-order valence-corrected chi connectivity index (χ3v) is 4.27. The van der Waals surface area contributed by atoms with Gasteiger partial charge in [0.15, 0.2) is 11.5 Å². The molecule has 0 bridgehead atoms. The number of ether oxygens (including phenoxy) is 1. The average Bonchev–Trinajstić information content (AvgIpc) is 2.63. The molecular weight excluding hydrogens is 338 g/mol. The number of aryl methyl sites for hydroxylation is 1. The molecule has 0 atom stereocenters. The Kier molecular flexibility index (Phi) is 3.88.